The molecule has 1 atom stereocenters. The lowest BCUT2D eigenvalue weighted by Crippen LogP contribution is -2.33. The summed E-state index contributed by atoms with van der Waals surface area (Å²) < 4.78 is 14.8. The van der Waals surface area contributed by atoms with E-state index in [-0.39, 0.29) is 17.5 Å². The van der Waals surface area contributed by atoms with Crippen molar-refractivity contribution in [2.24, 2.45) is 0 Å². The largest absolute Gasteiger partial charge is 0.508 e. The highest BCUT2D eigenvalue weighted by Crippen LogP contribution is 2.25. The Kier molecular flexibility index (Phi) is 5.70. The van der Waals surface area contributed by atoms with E-state index in [9.17, 15) is 14.3 Å². The molecule has 1 amide bonds. The van der Waals surface area contributed by atoms with Crippen molar-refractivity contribution in [1.29, 1.82) is 0 Å². The molecule has 0 radical (unpaired) electrons. The zero-order valence-electron chi connectivity index (χ0n) is 14.8. The Morgan fingerprint density at radius 1 is 1.30 bits per heavy atom. The Morgan fingerprint density at radius 3 is 2.74 bits per heavy atom. The molecule has 0 fully saturated rings. The van der Waals surface area contributed by atoms with Crippen molar-refractivity contribution >= 4 is 17.7 Å². The van der Waals surface area contributed by atoms with Gasteiger partial charge in [-0.3, -0.25) is 4.79 Å². The second-order valence-corrected chi connectivity index (χ2v) is 7.28. The molecule has 27 heavy (non-hydrogen) atoms. The molecule has 0 aliphatic heterocycles. The minimum absolute atomic E-state index is 0.121. The van der Waals surface area contributed by atoms with E-state index in [0.717, 1.165) is 5.56 Å². The van der Waals surface area contributed by atoms with Crippen molar-refractivity contribution in [2.75, 3.05) is 7.05 Å². The summed E-state index contributed by atoms with van der Waals surface area (Å²) in [7, 11) is 1.67. The second-order valence-electron chi connectivity index (χ2n) is 5.97. The van der Waals surface area contributed by atoms with Crippen LogP contribution in [0.1, 0.15) is 12.5 Å². The number of halogens is 1. The van der Waals surface area contributed by atoms with Gasteiger partial charge in [0.05, 0.1) is 10.9 Å². The first-order valence-electron chi connectivity index (χ1n) is 8.18. The average Bonchev–Trinajstić information content (AvgIpc) is 3.09. The molecular formula is C18H18FN5O2S. The number of carbonyl (C=O) groups is 1. The zero-order chi connectivity index (χ0) is 19.4. The highest BCUT2D eigenvalue weighted by atomic mass is 32.2. The first-order chi connectivity index (χ1) is 12.9. The second kappa shape index (κ2) is 8.17. The number of aromatic hydroxyl groups is 1. The van der Waals surface area contributed by atoms with Crippen molar-refractivity contribution in [1.82, 2.24) is 25.1 Å². The summed E-state index contributed by atoms with van der Waals surface area (Å²) in [6.45, 7) is 2.08. The number of aromatic nitrogens is 4. The highest BCUT2D eigenvalue weighted by molar-refractivity contribution is 8.00. The van der Waals surface area contributed by atoms with Crippen molar-refractivity contribution in [3.63, 3.8) is 0 Å². The molecular weight excluding hydrogens is 369 g/mol. The first kappa shape index (κ1) is 18.8. The van der Waals surface area contributed by atoms with Gasteiger partial charge in [-0.2, -0.15) is 4.68 Å². The van der Waals surface area contributed by atoms with Crippen molar-refractivity contribution in [3.8, 4) is 11.4 Å². The number of hydrogen-bond acceptors (Lipinski definition) is 6. The van der Waals surface area contributed by atoms with E-state index < -0.39 is 5.25 Å². The van der Waals surface area contributed by atoms with Crippen LogP contribution in [-0.4, -0.2) is 48.4 Å². The third kappa shape index (κ3) is 4.62. The van der Waals surface area contributed by atoms with Crippen molar-refractivity contribution in [3.05, 3.63) is 59.9 Å². The molecule has 0 aliphatic rings. The molecule has 1 aromatic heterocycles. The number of phenols is 1. The van der Waals surface area contributed by atoms with Crippen LogP contribution in [0.2, 0.25) is 0 Å². The highest BCUT2D eigenvalue weighted by Gasteiger charge is 2.22. The quantitative estimate of drug-likeness (QED) is 0.655. The van der Waals surface area contributed by atoms with Gasteiger partial charge in [-0.1, -0.05) is 23.9 Å². The number of phenolic OH excluding ortho intramolecular Hbond substituents is 1. The molecule has 0 unspecified atom stereocenters. The average molecular weight is 387 g/mol. The predicted molar refractivity (Wildman–Crippen MR) is 99.0 cm³/mol. The Morgan fingerprint density at radius 2 is 2.04 bits per heavy atom. The topological polar surface area (TPSA) is 84.1 Å². The van der Waals surface area contributed by atoms with Crippen LogP contribution < -0.4 is 0 Å². The SMILES string of the molecule is C[C@H](Sc1nnnn1-c1ccc(O)cc1)C(=O)N(C)Cc1cccc(F)c1. The maximum atomic E-state index is 13.3. The van der Waals surface area contributed by atoms with Gasteiger partial charge in [-0.25, -0.2) is 4.39 Å². The molecule has 1 N–H and O–H groups in total. The first-order valence-corrected chi connectivity index (χ1v) is 9.06. The molecule has 2 aromatic carbocycles. The normalized spacial score (nSPS) is 12.0. The van der Waals surface area contributed by atoms with Gasteiger partial charge in [0.15, 0.2) is 0 Å². The van der Waals surface area contributed by atoms with Crippen molar-refractivity contribution in [2.45, 2.75) is 23.9 Å². The summed E-state index contributed by atoms with van der Waals surface area (Å²) >= 11 is 1.23. The molecule has 9 heteroatoms. The van der Waals surface area contributed by atoms with Gasteiger partial charge in [-0.05, 0) is 59.3 Å². The van der Waals surface area contributed by atoms with Crippen molar-refractivity contribution < 1.29 is 14.3 Å². The molecule has 140 valence electrons. The van der Waals surface area contributed by atoms with Crippen LogP contribution in [-0.2, 0) is 11.3 Å². The number of carbonyl (C=O) groups excluding carboxylic acids is 1. The van der Waals surface area contributed by atoms with Crippen LogP contribution in [0, 0.1) is 5.82 Å². The number of benzene rings is 2. The van der Waals surface area contributed by atoms with Gasteiger partial charge in [-0.15, -0.1) is 5.10 Å². The lowest BCUT2D eigenvalue weighted by molar-refractivity contribution is -0.129. The number of nitrogens with zero attached hydrogens (tertiary/aromatic N) is 5. The number of rotatable bonds is 6. The summed E-state index contributed by atoms with van der Waals surface area (Å²) in [4.78, 5) is 14.2. The maximum Gasteiger partial charge on any atom is 0.235 e. The van der Waals surface area contributed by atoms with Gasteiger partial charge >= 0.3 is 0 Å². The summed E-state index contributed by atoms with van der Waals surface area (Å²) in [6.07, 6.45) is 0. The van der Waals surface area contributed by atoms with Gasteiger partial charge in [0.2, 0.25) is 11.1 Å². The Balaban J connectivity index is 1.68. The molecule has 0 aliphatic carbocycles. The molecule has 3 aromatic rings. The summed E-state index contributed by atoms with van der Waals surface area (Å²) in [6, 6.07) is 12.6. The fourth-order valence-electron chi connectivity index (χ4n) is 2.51. The van der Waals surface area contributed by atoms with Crippen LogP contribution in [0.5, 0.6) is 5.75 Å². The van der Waals surface area contributed by atoms with Crippen LogP contribution in [0.15, 0.2) is 53.7 Å². The molecule has 0 saturated heterocycles. The minimum Gasteiger partial charge on any atom is -0.508 e. The number of tetrazole rings is 1. The molecule has 0 bridgehead atoms. The van der Waals surface area contributed by atoms with E-state index in [0.29, 0.717) is 17.4 Å². The fraction of sp³-hybridized carbons (Fsp3) is 0.222. The Bertz CT molecular complexity index is 932. The van der Waals surface area contributed by atoms with E-state index >= 15 is 0 Å². The lowest BCUT2D eigenvalue weighted by atomic mass is 10.2. The van der Waals surface area contributed by atoms with Crippen LogP contribution in [0.3, 0.4) is 0 Å². The number of thioether (sulfide) groups is 1. The van der Waals surface area contributed by atoms with E-state index in [4.69, 9.17) is 0 Å². The minimum atomic E-state index is -0.439. The molecule has 3 rings (SSSR count). The van der Waals surface area contributed by atoms with E-state index in [1.807, 2.05) is 0 Å². The third-order valence-corrected chi connectivity index (χ3v) is 4.87. The standard InChI is InChI=1S/C18H18FN5O2S/c1-12(17(26)23(2)11-13-4-3-5-14(19)10-13)27-18-20-21-22-24(18)15-6-8-16(25)9-7-15/h3-10,12,25H,11H2,1-2H3/t12-/m0/s1. The summed E-state index contributed by atoms with van der Waals surface area (Å²) in [5.41, 5.74) is 1.39. The summed E-state index contributed by atoms with van der Waals surface area (Å²) in [5.74, 6) is -0.308. The van der Waals surface area contributed by atoms with Crippen LogP contribution in [0.25, 0.3) is 5.69 Å². The van der Waals surface area contributed by atoms with Crippen LogP contribution >= 0.6 is 11.8 Å². The Labute approximate surface area is 159 Å². The van der Waals surface area contributed by atoms with Gasteiger partial charge < -0.3 is 10.0 Å². The van der Waals surface area contributed by atoms with Gasteiger partial charge in [0, 0.05) is 13.6 Å². The third-order valence-electron chi connectivity index (χ3n) is 3.85. The van der Waals surface area contributed by atoms with Gasteiger partial charge in [0.25, 0.3) is 0 Å². The number of hydrogen-bond donors (Lipinski definition) is 1. The van der Waals surface area contributed by atoms with E-state index in [1.165, 1.54) is 40.7 Å². The fourth-order valence-corrected chi connectivity index (χ4v) is 3.44. The van der Waals surface area contributed by atoms with Gasteiger partial charge in [0.1, 0.15) is 11.6 Å². The number of amides is 1. The summed E-state index contributed by atoms with van der Waals surface area (Å²) in [5, 5.41) is 21.0. The lowest BCUT2D eigenvalue weighted by Gasteiger charge is -2.21. The molecule has 0 saturated carbocycles. The smallest absolute Gasteiger partial charge is 0.235 e. The van der Waals surface area contributed by atoms with E-state index in [2.05, 4.69) is 15.5 Å². The Hall–Kier alpha value is -2.94. The molecule has 1 heterocycles. The molecule has 0 spiro atoms. The maximum absolute atomic E-state index is 13.3. The van der Waals surface area contributed by atoms with E-state index in [1.54, 1.807) is 43.1 Å². The molecule has 7 nitrogen and oxygen atoms in total. The monoisotopic (exact) mass is 387 g/mol. The zero-order valence-corrected chi connectivity index (χ0v) is 15.6. The predicted octanol–water partition coefficient (Wildman–Crippen LogP) is 2.65. The van der Waals surface area contributed by atoms with Crippen LogP contribution in [0.4, 0.5) is 4.39 Å².